The average Bonchev–Trinajstić information content (AvgIpc) is 3.01. The van der Waals surface area contributed by atoms with Gasteiger partial charge < -0.3 is 9.42 Å². The zero-order valence-corrected chi connectivity index (χ0v) is 16.2. The number of nitrogens with zero attached hydrogens (tertiary/aromatic N) is 3. The largest absolute Gasteiger partial charge is 0.360 e. The van der Waals surface area contributed by atoms with Crippen molar-refractivity contribution < 1.29 is 9.32 Å². The Bertz CT molecular complexity index is 816. The van der Waals surface area contributed by atoms with Crippen molar-refractivity contribution in [1.29, 1.82) is 0 Å². The standard InChI is InChI=1S/C20H24ClN3O2/c1-14(2)8-9-23-10-12-24(13-11-23)20(25)18-15(3)26-22-19(18)16-6-4-5-7-17(16)21/h4-8H,9-13H2,1-3H3. The zero-order valence-electron chi connectivity index (χ0n) is 15.5. The summed E-state index contributed by atoms with van der Waals surface area (Å²) in [6, 6.07) is 7.37. The lowest BCUT2D eigenvalue weighted by atomic mass is 10.0. The van der Waals surface area contributed by atoms with Crippen molar-refractivity contribution in [2.24, 2.45) is 0 Å². The maximum absolute atomic E-state index is 13.1. The van der Waals surface area contributed by atoms with Gasteiger partial charge in [0.05, 0.1) is 5.02 Å². The number of aryl methyl sites for hydroxylation is 1. The van der Waals surface area contributed by atoms with E-state index in [1.54, 1.807) is 13.0 Å². The van der Waals surface area contributed by atoms with Crippen molar-refractivity contribution in [1.82, 2.24) is 15.0 Å². The molecule has 2 heterocycles. The van der Waals surface area contributed by atoms with Gasteiger partial charge in [-0.05, 0) is 26.8 Å². The Morgan fingerprint density at radius 3 is 2.58 bits per heavy atom. The summed E-state index contributed by atoms with van der Waals surface area (Å²) in [6.07, 6.45) is 2.22. The number of amides is 1. The van der Waals surface area contributed by atoms with Crippen LogP contribution in [0, 0.1) is 6.92 Å². The highest BCUT2D eigenvalue weighted by atomic mass is 35.5. The number of benzene rings is 1. The molecule has 5 nitrogen and oxygen atoms in total. The molecule has 0 atom stereocenters. The summed E-state index contributed by atoms with van der Waals surface area (Å²) in [4.78, 5) is 17.3. The third-order valence-electron chi connectivity index (χ3n) is 4.62. The minimum absolute atomic E-state index is 0.0412. The van der Waals surface area contributed by atoms with Gasteiger partial charge in [0, 0.05) is 38.3 Å². The molecule has 1 aliphatic heterocycles. The van der Waals surface area contributed by atoms with Gasteiger partial charge in [0.2, 0.25) is 0 Å². The molecule has 138 valence electrons. The van der Waals surface area contributed by atoms with Crippen LogP contribution < -0.4 is 0 Å². The molecule has 0 unspecified atom stereocenters. The van der Waals surface area contributed by atoms with Crippen LogP contribution in [0.25, 0.3) is 11.3 Å². The molecule has 26 heavy (non-hydrogen) atoms. The van der Waals surface area contributed by atoms with E-state index in [1.165, 1.54) is 5.57 Å². The third kappa shape index (κ3) is 4.00. The second kappa shape index (κ2) is 8.06. The van der Waals surface area contributed by atoms with E-state index >= 15 is 0 Å². The topological polar surface area (TPSA) is 49.6 Å². The molecular weight excluding hydrogens is 350 g/mol. The van der Waals surface area contributed by atoms with Crippen molar-refractivity contribution >= 4 is 17.5 Å². The number of allylic oxidation sites excluding steroid dienone is 1. The lowest BCUT2D eigenvalue weighted by Gasteiger charge is -2.34. The Morgan fingerprint density at radius 1 is 1.23 bits per heavy atom. The molecule has 0 bridgehead atoms. The summed E-state index contributed by atoms with van der Waals surface area (Å²) in [6.45, 7) is 10.0. The molecule has 3 rings (SSSR count). The fourth-order valence-electron chi connectivity index (χ4n) is 3.06. The SMILES string of the molecule is CC(C)=CCN1CCN(C(=O)c2c(-c3ccccc3Cl)noc2C)CC1. The van der Waals surface area contributed by atoms with Gasteiger partial charge in [-0.15, -0.1) is 0 Å². The first-order chi connectivity index (χ1) is 12.5. The Balaban J connectivity index is 1.77. The molecule has 0 spiro atoms. The number of piperazine rings is 1. The van der Waals surface area contributed by atoms with E-state index in [0.29, 0.717) is 35.1 Å². The highest BCUT2D eigenvalue weighted by Gasteiger charge is 2.29. The number of carbonyl (C=O) groups is 1. The molecule has 0 aliphatic carbocycles. The predicted molar refractivity (Wildman–Crippen MR) is 103 cm³/mol. The van der Waals surface area contributed by atoms with Crippen molar-refractivity contribution in [3.8, 4) is 11.3 Å². The summed E-state index contributed by atoms with van der Waals surface area (Å²) in [7, 11) is 0. The molecule has 1 aliphatic rings. The molecule has 1 aromatic heterocycles. The predicted octanol–water partition coefficient (Wildman–Crippen LogP) is 4.03. The van der Waals surface area contributed by atoms with Crippen LogP contribution in [0.3, 0.4) is 0 Å². The molecule has 0 N–H and O–H groups in total. The smallest absolute Gasteiger partial charge is 0.259 e. The van der Waals surface area contributed by atoms with Gasteiger partial charge in [-0.2, -0.15) is 0 Å². The Kier molecular flexibility index (Phi) is 5.79. The van der Waals surface area contributed by atoms with Gasteiger partial charge >= 0.3 is 0 Å². The monoisotopic (exact) mass is 373 g/mol. The first-order valence-electron chi connectivity index (χ1n) is 8.83. The van der Waals surface area contributed by atoms with E-state index in [4.69, 9.17) is 16.1 Å². The van der Waals surface area contributed by atoms with Crippen LogP contribution in [0.1, 0.15) is 30.0 Å². The quantitative estimate of drug-likeness (QED) is 0.759. The molecule has 1 saturated heterocycles. The van der Waals surface area contributed by atoms with Gasteiger partial charge in [-0.3, -0.25) is 9.69 Å². The van der Waals surface area contributed by atoms with Gasteiger partial charge in [-0.1, -0.05) is 46.6 Å². The number of rotatable bonds is 4. The third-order valence-corrected chi connectivity index (χ3v) is 4.95. The van der Waals surface area contributed by atoms with Crippen molar-refractivity contribution in [3.05, 3.63) is 52.3 Å². The summed E-state index contributed by atoms with van der Waals surface area (Å²) in [5.74, 6) is 0.484. The normalized spacial score (nSPS) is 15.2. The Hall–Kier alpha value is -2.11. The molecule has 0 radical (unpaired) electrons. The summed E-state index contributed by atoms with van der Waals surface area (Å²) < 4.78 is 5.33. The lowest BCUT2D eigenvalue weighted by Crippen LogP contribution is -2.48. The van der Waals surface area contributed by atoms with Crippen LogP contribution in [-0.4, -0.2) is 53.6 Å². The minimum Gasteiger partial charge on any atom is -0.360 e. The number of aromatic nitrogens is 1. The summed E-state index contributed by atoms with van der Waals surface area (Å²) >= 11 is 6.29. The molecular formula is C20H24ClN3O2. The molecule has 1 amide bonds. The van der Waals surface area contributed by atoms with Crippen LogP contribution in [0.2, 0.25) is 5.02 Å². The maximum atomic E-state index is 13.1. The Morgan fingerprint density at radius 2 is 1.92 bits per heavy atom. The van der Waals surface area contributed by atoms with E-state index in [9.17, 15) is 4.79 Å². The molecule has 1 aromatic carbocycles. The highest BCUT2D eigenvalue weighted by molar-refractivity contribution is 6.33. The van der Waals surface area contributed by atoms with E-state index < -0.39 is 0 Å². The molecule has 0 saturated carbocycles. The van der Waals surface area contributed by atoms with Crippen LogP contribution >= 0.6 is 11.6 Å². The summed E-state index contributed by atoms with van der Waals surface area (Å²) in [5, 5.41) is 4.66. The summed E-state index contributed by atoms with van der Waals surface area (Å²) in [5.41, 5.74) is 3.06. The highest BCUT2D eigenvalue weighted by Crippen LogP contribution is 2.31. The minimum atomic E-state index is -0.0412. The van der Waals surface area contributed by atoms with E-state index in [0.717, 1.165) is 25.2 Å². The van der Waals surface area contributed by atoms with E-state index in [-0.39, 0.29) is 5.91 Å². The van der Waals surface area contributed by atoms with Gasteiger partial charge in [0.1, 0.15) is 17.0 Å². The lowest BCUT2D eigenvalue weighted by molar-refractivity contribution is 0.0649. The molecule has 1 fully saturated rings. The van der Waals surface area contributed by atoms with Gasteiger partial charge in [0.25, 0.3) is 5.91 Å². The van der Waals surface area contributed by atoms with E-state index in [2.05, 4.69) is 30.0 Å². The second-order valence-corrected chi connectivity index (χ2v) is 7.22. The number of carbonyl (C=O) groups excluding carboxylic acids is 1. The zero-order chi connectivity index (χ0) is 18.7. The fourth-order valence-corrected chi connectivity index (χ4v) is 3.29. The number of hydrogen-bond acceptors (Lipinski definition) is 4. The second-order valence-electron chi connectivity index (χ2n) is 6.82. The van der Waals surface area contributed by atoms with Crippen LogP contribution in [0.15, 0.2) is 40.4 Å². The fraction of sp³-hybridized carbons (Fsp3) is 0.400. The first kappa shape index (κ1) is 18.7. The number of halogens is 1. The molecule has 2 aromatic rings. The van der Waals surface area contributed by atoms with Crippen molar-refractivity contribution in [2.45, 2.75) is 20.8 Å². The number of hydrogen-bond donors (Lipinski definition) is 0. The first-order valence-corrected chi connectivity index (χ1v) is 9.21. The maximum Gasteiger partial charge on any atom is 0.259 e. The Labute approximate surface area is 159 Å². The van der Waals surface area contributed by atoms with E-state index in [1.807, 2.05) is 23.1 Å². The van der Waals surface area contributed by atoms with Gasteiger partial charge in [0.15, 0.2) is 0 Å². The van der Waals surface area contributed by atoms with Crippen LogP contribution in [0.5, 0.6) is 0 Å². The van der Waals surface area contributed by atoms with Crippen LogP contribution in [-0.2, 0) is 0 Å². The molecule has 6 heteroatoms. The van der Waals surface area contributed by atoms with Crippen molar-refractivity contribution in [2.75, 3.05) is 32.7 Å². The van der Waals surface area contributed by atoms with Gasteiger partial charge in [-0.25, -0.2) is 0 Å². The van der Waals surface area contributed by atoms with Crippen molar-refractivity contribution in [3.63, 3.8) is 0 Å². The van der Waals surface area contributed by atoms with Crippen LogP contribution in [0.4, 0.5) is 0 Å². The average molecular weight is 374 g/mol.